The van der Waals surface area contributed by atoms with Crippen LogP contribution in [0.25, 0.3) is 10.9 Å². The Labute approximate surface area is 166 Å². The monoisotopic (exact) mass is 419 g/mol. The van der Waals surface area contributed by atoms with Crippen LogP contribution in [0, 0.1) is 17.6 Å². The lowest BCUT2D eigenvalue weighted by atomic mass is 9.98. The maximum absolute atomic E-state index is 13.4. The molecule has 3 aromatic rings. The maximum Gasteiger partial charge on any atom is 0.261 e. The van der Waals surface area contributed by atoms with E-state index in [1.165, 1.54) is 51.6 Å². The Balaban J connectivity index is 1.47. The van der Waals surface area contributed by atoms with Crippen LogP contribution in [0.2, 0.25) is 0 Å². The predicted molar refractivity (Wildman–Crippen MR) is 104 cm³/mol. The van der Waals surface area contributed by atoms with Crippen LogP contribution in [-0.4, -0.2) is 35.4 Å². The van der Waals surface area contributed by atoms with Gasteiger partial charge in [-0.15, -0.1) is 0 Å². The second-order valence-corrected chi connectivity index (χ2v) is 9.11. The molecule has 0 bridgehead atoms. The van der Waals surface area contributed by atoms with E-state index < -0.39 is 21.7 Å². The van der Waals surface area contributed by atoms with Gasteiger partial charge in [-0.05, 0) is 49.1 Å². The fourth-order valence-electron chi connectivity index (χ4n) is 3.65. The Hall–Kier alpha value is -2.65. The lowest BCUT2D eigenvalue weighted by Crippen LogP contribution is -2.40. The molecule has 0 saturated carbocycles. The van der Waals surface area contributed by atoms with Crippen molar-refractivity contribution in [3.63, 3.8) is 0 Å². The molecule has 0 amide bonds. The molecule has 1 fully saturated rings. The minimum Gasteiger partial charge on any atom is -0.298 e. The van der Waals surface area contributed by atoms with Gasteiger partial charge in [0.2, 0.25) is 10.0 Å². The van der Waals surface area contributed by atoms with E-state index in [4.69, 9.17) is 0 Å². The predicted octanol–water partition coefficient (Wildman–Crippen LogP) is 2.78. The molecule has 1 aliphatic rings. The van der Waals surface area contributed by atoms with Crippen LogP contribution < -0.4 is 5.56 Å². The van der Waals surface area contributed by atoms with Crippen molar-refractivity contribution in [3.8, 4) is 0 Å². The molecule has 2 heterocycles. The van der Waals surface area contributed by atoms with Gasteiger partial charge in [0.1, 0.15) is 11.6 Å². The molecule has 1 saturated heterocycles. The van der Waals surface area contributed by atoms with Crippen molar-refractivity contribution < 1.29 is 17.2 Å². The van der Waals surface area contributed by atoms with Crippen LogP contribution in [0.3, 0.4) is 0 Å². The summed E-state index contributed by atoms with van der Waals surface area (Å²) in [5, 5.41) is 0.347. The third-order valence-electron chi connectivity index (χ3n) is 5.25. The summed E-state index contributed by atoms with van der Waals surface area (Å²) in [5.41, 5.74) is 0.0621. The highest BCUT2D eigenvalue weighted by Crippen LogP contribution is 2.25. The first-order valence-corrected chi connectivity index (χ1v) is 10.7. The average molecular weight is 419 g/mol. The summed E-state index contributed by atoms with van der Waals surface area (Å²) in [6.07, 6.45) is 2.55. The first kappa shape index (κ1) is 19.7. The Bertz CT molecular complexity index is 1220. The van der Waals surface area contributed by atoms with Gasteiger partial charge in [-0.2, -0.15) is 4.31 Å². The topological polar surface area (TPSA) is 72.3 Å². The number of piperidine rings is 1. The van der Waals surface area contributed by atoms with E-state index in [9.17, 15) is 22.0 Å². The number of hydrogen-bond donors (Lipinski definition) is 0. The van der Waals surface area contributed by atoms with Gasteiger partial charge in [0.05, 0.1) is 22.1 Å². The van der Waals surface area contributed by atoms with Gasteiger partial charge in [-0.1, -0.05) is 6.07 Å². The molecule has 4 rings (SSSR count). The lowest BCUT2D eigenvalue weighted by molar-refractivity contribution is 0.251. The molecule has 152 valence electrons. The molecular weight excluding hydrogens is 400 g/mol. The molecule has 29 heavy (non-hydrogen) atoms. The van der Waals surface area contributed by atoms with Crippen LogP contribution >= 0.6 is 0 Å². The van der Waals surface area contributed by atoms with Crippen molar-refractivity contribution in [2.45, 2.75) is 24.3 Å². The van der Waals surface area contributed by atoms with Crippen molar-refractivity contribution in [2.24, 2.45) is 5.92 Å². The van der Waals surface area contributed by atoms with Crippen molar-refractivity contribution in [2.75, 3.05) is 13.1 Å². The quantitative estimate of drug-likeness (QED) is 0.652. The molecule has 1 aromatic heterocycles. The Kier molecular flexibility index (Phi) is 5.18. The highest BCUT2D eigenvalue weighted by atomic mass is 32.2. The fourth-order valence-corrected chi connectivity index (χ4v) is 5.15. The van der Waals surface area contributed by atoms with Crippen molar-refractivity contribution in [3.05, 3.63) is 70.8 Å². The molecular formula is C20H19F2N3O3S. The zero-order valence-electron chi connectivity index (χ0n) is 15.5. The fraction of sp³-hybridized carbons (Fsp3) is 0.300. The van der Waals surface area contributed by atoms with Gasteiger partial charge >= 0.3 is 0 Å². The largest absolute Gasteiger partial charge is 0.298 e. The van der Waals surface area contributed by atoms with Gasteiger partial charge in [0.25, 0.3) is 5.56 Å². The van der Waals surface area contributed by atoms with Gasteiger partial charge in [-0.25, -0.2) is 22.2 Å². The number of nitrogens with zero attached hydrogens (tertiary/aromatic N) is 3. The zero-order valence-corrected chi connectivity index (χ0v) is 16.3. The van der Waals surface area contributed by atoms with Gasteiger partial charge in [0, 0.05) is 25.7 Å². The van der Waals surface area contributed by atoms with E-state index in [0.717, 1.165) is 6.07 Å². The van der Waals surface area contributed by atoms with E-state index in [1.54, 1.807) is 0 Å². The van der Waals surface area contributed by atoms with Crippen LogP contribution in [0.1, 0.15) is 12.8 Å². The third-order valence-corrected chi connectivity index (χ3v) is 7.14. The van der Waals surface area contributed by atoms with Crippen LogP contribution in [0.4, 0.5) is 8.78 Å². The van der Waals surface area contributed by atoms with Crippen LogP contribution in [-0.2, 0) is 16.6 Å². The van der Waals surface area contributed by atoms with E-state index in [-0.39, 0.29) is 16.4 Å². The highest BCUT2D eigenvalue weighted by molar-refractivity contribution is 7.89. The number of fused-ring (bicyclic) bond motifs is 1. The average Bonchev–Trinajstić information content (AvgIpc) is 2.70. The van der Waals surface area contributed by atoms with E-state index in [1.807, 2.05) is 0 Å². The first-order chi connectivity index (χ1) is 13.8. The molecule has 0 atom stereocenters. The standard InChI is InChI=1S/C20H19F2N3O3S/c21-15-2-1-3-17(10-15)29(27,28)25-8-6-14(7-9-25)12-24-13-23-19-11-16(22)4-5-18(19)20(24)26/h1-5,10-11,13-14H,6-9,12H2. The smallest absolute Gasteiger partial charge is 0.261 e. The summed E-state index contributed by atoms with van der Waals surface area (Å²) in [6.45, 7) is 1.00. The summed E-state index contributed by atoms with van der Waals surface area (Å²) in [7, 11) is -3.74. The normalized spacial score (nSPS) is 16.3. The summed E-state index contributed by atoms with van der Waals surface area (Å²) < 4.78 is 54.9. The second kappa shape index (κ2) is 7.64. The summed E-state index contributed by atoms with van der Waals surface area (Å²) >= 11 is 0. The van der Waals surface area contributed by atoms with Crippen LogP contribution in [0.15, 0.2) is 58.5 Å². The van der Waals surface area contributed by atoms with Crippen molar-refractivity contribution in [1.82, 2.24) is 13.9 Å². The van der Waals surface area contributed by atoms with Gasteiger partial charge in [0.15, 0.2) is 0 Å². The lowest BCUT2D eigenvalue weighted by Gasteiger charge is -2.31. The first-order valence-electron chi connectivity index (χ1n) is 9.25. The molecule has 0 radical (unpaired) electrons. The number of benzene rings is 2. The summed E-state index contributed by atoms with van der Waals surface area (Å²) in [5.74, 6) is -0.940. The Morgan fingerprint density at radius 2 is 1.76 bits per heavy atom. The Morgan fingerprint density at radius 1 is 1.03 bits per heavy atom. The summed E-state index contributed by atoms with van der Waals surface area (Å²) in [4.78, 5) is 16.7. The second-order valence-electron chi connectivity index (χ2n) is 7.17. The molecule has 1 aliphatic heterocycles. The minimum absolute atomic E-state index is 0.0573. The van der Waals surface area contributed by atoms with Gasteiger partial charge < -0.3 is 0 Å². The maximum atomic E-state index is 13.4. The SMILES string of the molecule is O=c1c2ccc(F)cc2ncn1CC1CCN(S(=O)(=O)c2cccc(F)c2)CC1. The molecule has 0 spiro atoms. The molecule has 0 unspecified atom stereocenters. The summed E-state index contributed by atoms with van der Waals surface area (Å²) in [6, 6.07) is 8.85. The molecule has 0 N–H and O–H groups in total. The number of halogens is 2. The molecule has 2 aromatic carbocycles. The van der Waals surface area contributed by atoms with Crippen molar-refractivity contribution in [1.29, 1.82) is 0 Å². The van der Waals surface area contributed by atoms with Gasteiger partial charge in [-0.3, -0.25) is 9.36 Å². The van der Waals surface area contributed by atoms with Crippen molar-refractivity contribution >= 4 is 20.9 Å². The number of hydrogen-bond acceptors (Lipinski definition) is 4. The zero-order chi connectivity index (χ0) is 20.6. The van der Waals surface area contributed by atoms with E-state index >= 15 is 0 Å². The van der Waals surface area contributed by atoms with E-state index in [2.05, 4.69) is 4.98 Å². The molecule has 0 aliphatic carbocycles. The van der Waals surface area contributed by atoms with Crippen LogP contribution in [0.5, 0.6) is 0 Å². The number of sulfonamides is 1. The number of aromatic nitrogens is 2. The highest BCUT2D eigenvalue weighted by Gasteiger charge is 2.30. The Morgan fingerprint density at radius 3 is 2.48 bits per heavy atom. The molecule has 6 nitrogen and oxygen atoms in total. The number of rotatable bonds is 4. The minimum atomic E-state index is -3.74. The molecule has 9 heteroatoms. The third kappa shape index (κ3) is 3.92. The van der Waals surface area contributed by atoms with E-state index in [0.29, 0.717) is 43.4 Å².